The molecule has 1 aromatic carbocycles. The number of carbonyl (C=O) groups is 1. The first-order valence-electron chi connectivity index (χ1n) is 8.70. The fraction of sp³-hybridized carbons (Fsp3) is 0.316. The zero-order valence-corrected chi connectivity index (χ0v) is 14.1. The molecule has 0 saturated carbocycles. The van der Waals surface area contributed by atoms with Gasteiger partial charge in [0.2, 0.25) is 0 Å². The summed E-state index contributed by atoms with van der Waals surface area (Å²) in [5, 5.41) is 2.92. The smallest absolute Gasteiger partial charge is 0.271 e. The van der Waals surface area contributed by atoms with Gasteiger partial charge >= 0.3 is 0 Å². The van der Waals surface area contributed by atoms with Crippen LogP contribution in [-0.4, -0.2) is 33.4 Å². The second kappa shape index (κ2) is 6.93. The number of hydrogen-bond acceptors (Lipinski definition) is 4. The van der Waals surface area contributed by atoms with E-state index < -0.39 is 0 Å². The third kappa shape index (κ3) is 3.47. The van der Waals surface area contributed by atoms with Crippen molar-refractivity contribution in [3.05, 3.63) is 60.3 Å². The number of benzene rings is 1. The van der Waals surface area contributed by atoms with Gasteiger partial charge in [-0.05, 0) is 37.0 Å². The molecule has 1 aliphatic heterocycles. The monoisotopic (exact) mass is 335 g/mol. The van der Waals surface area contributed by atoms with Gasteiger partial charge in [-0.3, -0.25) is 4.79 Å². The Morgan fingerprint density at radius 3 is 2.68 bits per heavy atom. The molecular weight excluding hydrogens is 314 g/mol. The van der Waals surface area contributed by atoms with E-state index in [1.54, 1.807) is 29.2 Å². The van der Waals surface area contributed by atoms with Gasteiger partial charge in [0.1, 0.15) is 5.69 Å². The molecule has 1 amide bonds. The lowest BCUT2D eigenvalue weighted by molar-refractivity contribution is 0.0945. The maximum absolute atomic E-state index is 12.3. The molecule has 3 aromatic rings. The van der Waals surface area contributed by atoms with E-state index in [2.05, 4.69) is 44.5 Å². The summed E-state index contributed by atoms with van der Waals surface area (Å²) < 4.78 is 1.79. The highest BCUT2D eigenvalue weighted by atomic mass is 16.1. The molecule has 128 valence electrons. The molecule has 6 nitrogen and oxygen atoms in total. The molecule has 1 aliphatic rings. The van der Waals surface area contributed by atoms with Crippen LogP contribution < -0.4 is 10.2 Å². The molecule has 0 atom stereocenters. The molecule has 2 aromatic heterocycles. The van der Waals surface area contributed by atoms with Crippen LogP contribution in [0, 0.1) is 0 Å². The van der Waals surface area contributed by atoms with Crippen LogP contribution in [0.5, 0.6) is 0 Å². The van der Waals surface area contributed by atoms with Crippen molar-refractivity contribution in [2.24, 2.45) is 0 Å². The topological polar surface area (TPSA) is 62.5 Å². The number of amides is 1. The lowest BCUT2D eigenvalue weighted by Gasteiger charge is -2.28. The molecule has 1 N–H and O–H groups in total. The van der Waals surface area contributed by atoms with Crippen LogP contribution in [0.15, 0.2) is 49.1 Å². The summed E-state index contributed by atoms with van der Waals surface area (Å²) in [5.74, 6) is -0.185. The molecule has 0 unspecified atom stereocenters. The van der Waals surface area contributed by atoms with Gasteiger partial charge in [0, 0.05) is 43.9 Å². The molecule has 0 aliphatic carbocycles. The molecule has 0 bridgehead atoms. The first-order valence-corrected chi connectivity index (χ1v) is 8.70. The number of piperidine rings is 1. The van der Waals surface area contributed by atoms with Crippen LogP contribution in [0.1, 0.15) is 35.3 Å². The Labute approximate surface area is 146 Å². The van der Waals surface area contributed by atoms with Crippen molar-refractivity contribution in [2.75, 3.05) is 18.0 Å². The van der Waals surface area contributed by atoms with Crippen molar-refractivity contribution in [3.63, 3.8) is 0 Å². The van der Waals surface area contributed by atoms with Gasteiger partial charge in [0.05, 0.1) is 6.20 Å². The average Bonchev–Trinajstić information content (AvgIpc) is 3.15. The van der Waals surface area contributed by atoms with E-state index in [1.807, 2.05) is 0 Å². The van der Waals surface area contributed by atoms with Crippen LogP contribution in [-0.2, 0) is 6.54 Å². The first kappa shape index (κ1) is 15.6. The molecule has 1 saturated heterocycles. The fourth-order valence-corrected chi connectivity index (χ4v) is 3.19. The standard InChI is InChI=1S/C19H21N5O/c25-19(17-14-24-11-8-20-18(24)13-21-17)22-12-15-4-6-16(7-5-15)23-9-2-1-3-10-23/h4-8,11,13-14H,1-3,9-10,12H2,(H,22,25). The van der Waals surface area contributed by atoms with Gasteiger partial charge in [-0.15, -0.1) is 0 Å². The van der Waals surface area contributed by atoms with Crippen LogP contribution >= 0.6 is 0 Å². The fourth-order valence-electron chi connectivity index (χ4n) is 3.19. The van der Waals surface area contributed by atoms with E-state index >= 15 is 0 Å². The second-order valence-corrected chi connectivity index (χ2v) is 6.36. The molecule has 6 heteroatoms. The summed E-state index contributed by atoms with van der Waals surface area (Å²) in [6, 6.07) is 8.44. The molecule has 4 rings (SSSR count). The van der Waals surface area contributed by atoms with Gasteiger partial charge in [0.25, 0.3) is 5.91 Å². The number of aromatic nitrogens is 3. The van der Waals surface area contributed by atoms with Crippen molar-refractivity contribution in [3.8, 4) is 0 Å². The number of imidazole rings is 1. The summed E-state index contributed by atoms with van der Waals surface area (Å²) in [6.45, 7) is 2.76. The van der Waals surface area contributed by atoms with Crippen LogP contribution in [0.25, 0.3) is 5.65 Å². The minimum Gasteiger partial charge on any atom is -0.372 e. The largest absolute Gasteiger partial charge is 0.372 e. The average molecular weight is 335 g/mol. The molecule has 0 spiro atoms. The lowest BCUT2D eigenvalue weighted by Crippen LogP contribution is -2.29. The Morgan fingerprint density at radius 2 is 1.88 bits per heavy atom. The summed E-state index contributed by atoms with van der Waals surface area (Å²) in [5.41, 5.74) is 3.46. The Morgan fingerprint density at radius 1 is 1.08 bits per heavy atom. The number of rotatable bonds is 4. The number of hydrogen-bond donors (Lipinski definition) is 1. The van der Waals surface area contributed by atoms with Crippen LogP contribution in [0.3, 0.4) is 0 Å². The van der Waals surface area contributed by atoms with Crippen molar-refractivity contribution >= 4 is 17.2 Å². The summed E-state index contributed by atoms with van der Waals surface area (Å²) in [7, 11) is 0. The third-order valence-corrected chi connectivity index (χ3v) is 4.62. The Bertz CT molecular complexity index is 865. The van der Waals surface area contributed by atoms with E-state index in [-0.39, 0.29) is 5.91 Å². The molecule has 25 heavy (non-hydrogen) atoms. The Kier molecular flexibility index (Phi) is 4.33. The van der Waals surface area contributed by atoms with Crippen LogP contribution in [0.2, 0.25) is 0 Å². The third-order valence-electron chi connectivity index (χ3n) is 4.62. The zero-order valence-electron chi connectivity index (χ0n) is 14.1. The number of fused-ring (bicyclic) bond motifs is 1. The number of carbonyl (C=O) groups excluding carboxylic acids is 1. The Hall–Kier alpha value is -2.89. The highest BCUT2D eigenvalue weighted by Gasteiger charge is 2.11. The summed E-state index contributed by atoms with van der Waals surface area (Å²) in [6.07, 6.45) is 10.6. The van der Waals surface area contributed by atoms with Gasteiger partial charge in [-0.2, -0.15) is 0 Å². The summed E-state index contributed by atoms with van der Waals surface area (Å²) in [4.78, 5) is 23.0. The van der Waals surface area contributed by atoms with E-state index in [0.717, 1.165) is 24.3 Å². The maximum Gasteiger partial charge on any atom is 0.271 e. The van der Waals surface area contributed by atoms with Crippen molar-refractivity contribution in [2.45, 2.75) is 25.8 Å². The van der Waals surface area contributed by atoms with E-state index in [4.69, 9.17) is 0 Å². The minimum absolute atomic E-state index is 0.185. The van der Waals surface area contributed by atoms with Gasteiger partial charge in [-0.25, -0.2) is 9.97 Å². The minimum atomic E-state index is -0.185. The number of nitrogens with zero attached hydrogens (tertiary/aromatic N) is 4. The predicted molar refractivity (Wildman–Crippen MR) is 96.7 cm³/mol. The van der Waals surface area contributed by atoms with Gasteiger partial charge in [-0.1, -0.05) is 12.1 Å². The van der Waals surface area contributed by atoms with Gasteiger partial charge < -0.3 is 14.6 Å². The first-order chi connectivity index (χ1) is 12.3. The molecular formula is C19H21N5O. The zero-order chi connectivity index (χ0) is 17.1. The van der Waals surface area contributed by atoms with E-state index in [9.17, 15) is 4.79 Å². The Balaban J connectivity index is 1.37. The maximum atomic E-state index is 12.3. The van der Waals surface area contributed by atoms with Crippen molar-refractivity contribution in [1.82, 2.24) is 19.7 Å². The second-order valence-electron chi connectivity index (χ2n) is 6.36. The van der Waals surface area contributed by atoms with Crippen molar-refractivity contribution in [1.29, 1.82) is 0 Å². The predicted octanol–water partition coefficient (Wildman–Crippen LogP) is 2.65. The van der Waals surface area contributed by atoms with Gasteiger partial charge in [0.15, 0.2) is 5.65 Å². The number of nitrogens with one attached hydrogen (secondary N) is 1. The van der Waals surface area contributed by atoms with Crippen molar-refractivity contribution < 1.29 is 4.79 Å². The van der Waals surface area contributed by atoms with Crippen LogP contribution in [0.4, 0.5) is 5.69 Å². The number of anilines is 1. The molecule has 1 fully saturated rings. The molecule has 3 heterocycles. The van der Waals surface area contributed by atoms with E-state index in [0.29, 0.717) is 12.2 Å². The lowest BCUT2D eigenvalue weighted by atomic mass is 10.1. The van der Waals surface area contributed by atoms with E-state index in [1.165, 1.54) is 24.9 Å². The highest BCUT2D eigenvalue weighted by molar-refractivity contribution is 5.92. The normalized spacial score (nSPS) is 14.6. The summed E-state index contributed by atoms with van der Waals surface area (Å²) >= 11 is 0. The highest BCUT2D eigenvalue weighted by Crippen LogP contribution is 2.20. The molecule has 0 radical (unpaired) electrons. The SMILES string of the molecule is O=C(NCc1ccc(N2CCCCC2)cc1)c1cn2ccnc2cn1. The quantitative estimate of drug-likeness (QED) is 0.796.